The largest absolute Gasteiger partial charge is 0.506 e. The first-order valence-electron chi connectivity index (χ1n) is 15.0. The van der Waals surface area contributed by atoms with E-state index in [1.165, 1.54) is 14.8 Å². The quantitative estimate of drug-likeness (QED) is 0.173. The van der Waals surface area contributed by atoms with Gasteiger partial charge in [0.05, 0.1) is 44.9 Å². The van der Waals surface area contributed by atoms with Crippen molar-refractivity contribution < 1.29 is 21.9 Å². The zero-order chi connectivity index (χ0) is 34.3. The minimum Gasteiger partial charge on any atom is -0.506 e. The van der Waals surface area contributed by atoms with Gasteiger partial charge in [-0.05, 0) is 71.7 Å². The van der Waals surface area contributed by atoms with Gasteiger partial charge >= 0.3 is 0 Å². The Labute approximate surface area is 297 Å². The number of phenols is 1. The third-order valence-corrected chi connectivity index (χ3v) is 13.1. The molecule has 48 heavy (non-hydrogen) atoms. The van der Waals surface area contributed by atoms with Gasteiger partial charge in [0, 0.05) is 29.7 Å². The molecule has 0 spiro atoms. The summed E-state index contributed by atoms with van der Waals surface area (Å²) in [7, 11) is -7.95. The maximum absolute atomic E-state index is 14.1. The van der Waals surface area contributed by atoms with Gasteiger partial charge in [-0.1, -0.05) is 81.7 Å². The van der Waals surface area contributed by atoms with Crippen molar-refractivity contribution in [1.82, 2.24) is 13.5 Å². The second-order valence-corrected chi connectivity index (χ2v) is 17.8. The fourth-order valence-corrected chi connectivity index (χ4v) is 10.4. The number of sulfonamides is 2. The number of rotatable bonds is 8. The average Bonchev–Trinajstić information content (AvgIpc) is 3.05. The van der Waals surface area contributed by atoms with Gasteiger partial charge in [0.1, 0.15) is 5.75 Å². The Balaban J connectivity index is 1.49. The number of phenolic OH excluding ortho intramolecular Hbond substituents is 1. The minimum atomic E-state index is -3.98. The number of benzene rings is 4. The molecular weight excluding hydrogens is 782 g/mol. The van der Waals surface area contributed by atoms with Crippen LogP contribution in [0.3, 0.4) is 0 Å². The summed E-state index contributed by atoms with van der Waals surface area (Å²) in [5.74, 6) is -0.0242. The van der Waals surface area contributed by atoms with E-state index in [9.17, 15) is 21.9 Å². The third kappa shape index (κ3) is 6.93. The number of hydrogen-bond acceptors (Lipinski definition) is 8. The summed E-state index contributed by atoms with van der Waals surface area (Å²) in [4.78, 5) is 2.13. The normalized spacial score (nSPS) is 21.1. The van der Waals surface area contributed by atoms with Gasteiger partial charge in [-0.25, -0.2) is 16.8 Å². The molecule has 0 aliphatic carbocycles. The second kappa shape index (κ2) is 13.6. The van der Waals surface area contributed by atoms with E-state index in [2.05, 4.69) is 37.0 Å². The standard InChI is InChI=1S/C34H33Br2N5O5S2/c1-24-8-12-29(13-9-24)47(43,44)40-20-34(19-39(22-40)23-41(21-34)48(45,46)30-14-10-25(2)11-15-30)33(26-6-4-3-5-7-26)38-37-18-27-16-28(35)17-31(36)32(27)42/h3-18,42H,19-23H2,1-2H3. The molecule has 0 radical (unpaired) electrons. The molecule has 2 aliphatic heterocycles. The van der Waals surface area contributed by atoms with Crippen molar-refractivity contribution in [2.75, 3.05) is 33.0 Å². The molecule has 2 saturated heterocycles. The van der Waals surface area contributed by atoms with Gasteiger partial charge in [0.15, 0.2) is 0 Å². The molecule has 0 saturated carbocycles. The van der Waals surface area contributed by atoms with Crippen LogP contribution < -0.4 is 0 Å². The molecule has 6 rings (SSSR count). The SMILES string of the molecule is Cc1ccc(S(=O)(=O)N2CN3CN(S(=O)(=O)c4ccc(C)cc4)CC(C(=NN=Cc4cc(Br)cc(Br)c4O)c4ccccc4)(C3)C2)cc1. The summed E-state index contributed by atoms with van der Waals surface area (Å²) in [6.45, 7) is 4.01. The van der Waals surface area contributed by atoms with E-state index >= 15 is 0 Å². The topological polar surface area (TPSA) is 123 Å². The zero-order valence-electron chi connectivity index (χ0n) is 26.2. The summed E-state index contributed by atoms with van der Waals surface area (Å²) >= 11 is 6.77. The summed E-state index contributed by atoms with van der Waals surface area (Å²) in [6, 6.07) is 26.0. The van der Waals surface area contributed by atoms with E-state index in [-0.39, 0.29) is 42.0 Å². The average molecular weight is 816 g/mol. The van der Waals surface area contributed by atoms with Crippen molar-refractivity contribution in [3.05, 3.63) is 122 Å². The van der Waals surface area contributed by atoms with E-state index in [0.717, 1.165) is 11.1 Å². The highest BCUT2D eigenvalue weighted by atomic mass is 79.9. The first kappa shape index (κ1) is 34.6. The van der Waals surface area contributed by atoms with E-state index in [1.807, 2.05) is 49.1 Å². The molecule has 250 valence electrons. The summed E-state index contributed by atoms with van der Waals surface area (Å²) in [6.07, 6.45) is 1.41. The van der Waals surface area contributed by atoms with Crippen LogP contribution in [0.1, 0.15) is 22.3 Å². The van der Waals surface area contributed by atoms with Crippen LogP contribution in [0.25, 0.3) is 0 Å². The number of aromatic hydroxyl groups is 1. The Morgan fingerprint density at radius 1 is 0.771 bits per heavy atom. The van der Waals surface area contributed by atoms with Gasteiger partial charge in [-0.15, -0.1) is 0 Å². The van der Waals surface area contributed by atoms with Crippen LogP contribution in [0.4, 0.5) is 0 Å². The van der Waals surface area contributed by atoms with Crippen molar-refractivity contribution >= 4 is 63.8 Å². The lowest BCUT2D eigenvalue weighted by Gasteiger charge is -2.53. The molecule has 14 heteroatoms. The molecule has 0 atom stereocenters. The van der Waals surface area contributed by atoms with Crippen LogP contribution in [0.5, 0.6) is 5.75 Å². The summed E-state index contributed by atoms with van der Waals surface area (Å²) < 4.78 is 60.5. The van der Waals surface area contributed by atoms with Crippen molar-refractivity contribution in [3.63, 3.8) is 0 Å². The Kier molecular flexibility index (Phi) is 9.79. The number of halogens is 2. The lowest BCUT2D eigenvalue weighted by molar-refractivity contribution is -0.00594. The van der Waals surface area contributed by atoms with Crippen molar-refractivity contribution in [3.8, 4) is 5.75 Å². The molecule has 1 N–H and O–H groups in total. The second-order valence-electron chi connectivity index (χ2n) is 12.1. The van der Waals surface area contributed by atoms with Crippen molar-refractivity contribution in [2.45, 2.75) is 23.6 Å². The molecule has 4 aromatic rings. The summed E-state index contributed by atoms with van der Waals surface area (Å²) in [5, 5.41) is 19.7. The molecule has 2 bridgehead atoms. The van der Waals surface area contributed by atoms with Crippen LogP contribution >= 0.6 is 31.9 Å². The first-order chi connectivity index (χ1) is 22.8. The Hall–Kier alpha value is -3.24. The predicted molar refractivity (Wildman–Crippen MR) is 193 cm³/mol. The molecular formula is C34H33Br2N5O5S2. The highest BCUT2D eigenvalue weighted by Crippen LogP contribution is 2.39. The van der Waals surface area contributed by atoms with Crippen LogP contribution in [-0.2, 0) is 20.0 Å². The van der Waals surface area contributed by atoms with Crippen LogP contribution in [0.2, 0.25) is 0 Å². The van der Waals surface area contributed by atoms with Crippen LogP contribution in [-0.4, -0.2) is 80.4 Å². The Bertz CT molecular complexity index is 2020. The van der Waals surface area contributed by atoms with Crippen molar-refractivity contribution in [1.29, 1.82) is 0 Å². The van der Waals surface area contributed by atoms with E-state index in [4.69, 9.17) is 5.10 Å². The molecule has 2 aliphatic rings. The van der Waals surface area contributed by atoms with Gasteiger partial charge in [-0.3, -0.25) is 4.90 Å². The summed E-state index contributed by atoms with van der Waals surface area (Å²) in [5.41, 5.74) is 2.21. The number of nitrogens with zero attached hydrogens (tertiary/aromatic N) is 5. The molecule has 0 unspecified atom stereocenters. The number of aryl methyl sites for hydroxylation is 2. The molecule has 2 heterocycles. The zero-order valence-corrected chi connectivity index (χ0v) is 31.0. The predicted octanol–water partition coefficient (Wildman–Crippen LogP) is 5.97. The maximum atomic E-state index is 14.1. The third-order valence-electron chi connectivity index (χ3n) is 8.48. The molecule has 10 nitrogen and oxygen atoms in total. The highest BCUT2D eigenvalue weighted by molar-refractivity contribution is 9.11. The van der Waals surface area contributed by atoms with Crippen LogP contribution in [0.15, 0.2) is 120 Å². The number of fused-ring (bicyclic) bond motifs is 2. The molecule has 0 aromatic heterocycles. The maximum Gasteiger partial charge on any atom is 0.244 e. The molecule has 2 fully saturated rings. The first-order valence-corrected chi connectivity index (χ1v) is 19.5. The smallest absolute Gasteiger partial charge is 0.244 e. The lowest BCUT2D eigenvalue weighted by atomic mass is 9.76. The fourth-order valence-electron chi connectivity index (χ4n) is 6.11. The van der Waals surface area contributed by atoms with Gasteiger partial charge in [0.2, 0.25) is 20.0 Å². The number of hydrogen-bond donors (Lipinski definition) is 1. The van der Waals surface area contributed by atoms with Crippen molar-refractivity contribution in [2.24, 2.45) is 15.6 Å². The van der Waals surface area contributed by atoms with E-state index in [0.29, 0.717) is 32.3 Å². The van der Waals surface area contributed by atoms with Gasteiger partial charge in [-0.2, -0.15) is 18.8 Å². The molecule has 4 aromatic carbocycles. The van der Waals surface area contributed by atoms with Gasteiger partial charge in [0.25, 0.3) is 0 Å². The monoisotopic (exact) mass is 813 g/mol. The van der Waals surface area contributed by atoms with E-state index < -0.39 is 25.5 Å². The highest BCUT2D eigenvalue weighted by Gasteiger charge is 2.53. The fraction of sp³-hybridized carbons (Fsp3) is 0.235. The molecule has 0 amide bonds. The Morgan fingerprint density at radius 2 is 1.29 bits per heavy atom. The van der Waals surface area contributed by atoms with Crippen LogP contribution in [0, 0.1) is 19.3 Å². The van der Waals surface area contributed by atoms with E-state index in [1.54, 1.807) is 60.7 Å². The minimum absolute atomic E-state index is 0.0108. The lowest BCUT2D eigenvalue weighted by Crippen LogP contribution is -2.69. The Morgan fingerprint density at radius 3 is 1.81 bits per heavy atom. The van der Waals surface area contributed by atoms with Gasteiger partial charge < -0.3 is 5.11 Å².